The Morgan fingerprint density at radius 3 is 2.76 bits per heavy atom. The molecule has 4 N–H and O–H groups in total. The van der Waals surface area contributed by atoms with Crippen molar-refractivity contribution in [3.63, 3.8) is 0 Å². The van der Waals surface area contributed by atoms with Crippen molar-refractivity contribution in [3.05, 3.63) is 94.9 Å². The topological polar surface area (TPSA) is 106 Å². The van der Waals surface area contributed by atoms with Crippen LogP contribution in [0.2, 0.25) is 0 Å². The molecule has 8 heteroatoms. The molecule has 218 valence electrons. The van der Waals surface area contributed by atoms with Crippen molar-refractivity contribution in [2.45, 2.75) is 78.0 Å². The number of aliphatic hydroxyl groups excluding tert-OH is 1. The number of benzene rings is 2. The molecule has 2 aromatic rings. The Labute approximate surface area is 242 Å². The largest absolute Gasteiger partial charge is 0.481 e. The normalized spacial score (nSPS) is 16.4. The third kappa shape index (κ3) is 9.62. The summed E-state index contributed by atoms with van der Waals surface area (Å²) in [4.78, 5) is 15.5. The number of aliphatic hydroxyl groups is 1. The molecule has 41 heavy (non-hydrogen) atoms. The number of rotatable bonds is 15. The minimum absolute atomic E-state index is 0.0823. The lowest BCUT2D eigenvalue weighted by Crippen LogP contribution is -2.25. The van der Waals surface area contributed by atoms with E-state index in [1.807, 2.05) is 38.1 Å². The maximum Gasteiger partial charge on any atom is 0.303 e. The molecule has 0 radical (unpaired) electrons. The summed E-state index contributed by atoms with van der Waals surface area (Å²) in [6, 6.07) is 10.2. The van der Waals surface area contributed by atoms with Crippen LogP contribution in [0, 0.1) is 5.82 Å². The zero-order valence-electron chi connectivity index (χ0n) is 24.2. The summed E-state index contributed by atoms with van der Waals surface area (Å²) in [6.45, 7) is 10.2. The van der Waals surface area contributed by atoms with E-state index in [-0.39, 0.29) is 18.3 Å². The average molecular weight is 561 g/mol. The van der Waals surface area contributed by atoms with Gasteiger partial charge in [0.05, 0.1) is 11.4 Å². The highest BCUT2D eigenvalue weighted by molar-refractivity contribution is 6.02. The first-order valence-electron chi connectivity index (χ1n) is 14.1. The second-order valence-corrected chi connectivity index (χ2v) is 10.1. The molecular weight excluding hydrogens is 519 g/mol. The van der Waals surface area contributed by atoms with E-state index in [2.05, 4.69) is 35.4 Å². The van der Waals surface area contributed by atoms with Gasteiger partial charge in [0.15, 0.2) is 0 Å². The van der Waals surface area contributed by atoms with Crippen LogP contribution in [-0.2, 0) is 11.2 Å². The Kier molecular flexibility index (Phi) is 12.2. The molecule has 0 amide bonds. The minimum Gasteiger partial charge on any atom is -0.481 e. The quantitative estimate of drug-likeness (QED) is 0.0587. The number of carbonyl (C=O) groups is 1. The van der Waals surface area contributed by atoms with E-state index >= 15 is 0 Å². The number of carboxylic acids is 1. The monoisotopic (exact) mass is 560 g/mol. The number of halogens is 1. The van der Waals surface area contributed by atoms with Crippen molar-refractivity contribution < 1.29 is 19.4 Å². The van der Waals surface area contributed by atoms with Gasteiger partial charge in [-0.1, -0.05) is 49.4 Å². The molecular formula is C33H41FN4O3. The number of anilines is 1. The van der Waals surface area contributed by atoms with Gasteiger partial charge in [0.25, 0.3) is 0 Å². The van der Waals surface area contributed by atoms with E-state index in [1.165, 1.54) is 11.6 Å². The zero-order valence-corrected chi connectivity index (χ0v) is 24.2. The minimum atomic E-state index is -0.957. The molecule has 0 aliphatic heterocycles. The molecule has 3 rings (SSSR count). The van der Waals surface area contributed by atoms with Crippen molar-refractivity contribution in [1.82, 2.24) is 5.32 Å². The summed E-state index contributed by atoms with van der Waals surface area (Å²) in [7, 11) is 0. The van der Waals surface area contributed by atoms with E-state index in [9.17, 15) is 14.3 Å². The van der Waals surface area contributed by atoms with Crippen molar-refractivity contribution in [2.75, 3.05) is 5.43 Å². The molecule has 0 spiro atoms. The van der Waals surface area contributed by atoms with Gasteiger partial charge >= 0.3 is 5.97 Å². The van der Waals surface area contributed by atoms with Crippen LogP contribution < -0.4 is 10.7 Å². The molecule has 1 aliphatic rings. The summed E-state index contributed by atoms with van der Waals surface area (Å²) >= 11 is 0. The summed E-state index contributed by atoms with van der Waals surface area (Å²) in [5, 5.41) is 27.5. The van der Waals surface area contributed by atoms with E-state index in [1.54, 1.807) is 24.4 Å². The third-order valence-electron chi connectivity index (χ3n) is 7.16. The standard InChI is InChI=1S/C33H41FN4O3/c1-5-24(6-2)12-11-22(3)23(4)36-30-18-14-26(21-31(30)38-35-19-9-7-8-10-32(39)40)33(41)37-29-17-13-25-20-27(34)15-16-28(25)29/h5,11-12,14-16,18-21,29,33,37-38,41H,3,6-10,13,17H2,1-2,4H3,(H,39,40)/b12-11-,24-5-,35-19?,36-23+. The number of hydrazone groups is 1. The van der Waals surface area contributed by atoms with Crippen LogP contribution in [0.25, 0.3) is 0 Å². The number of allylic oxidation sites excluding steroid dienone is 5. The van der Waals surface area contributed by atoms with E-state index in [0.717, 1.165) is 48.1 Å². The first-order chi connectivity index (χ1) is 19.7. The number of aliphatic carboxylic acids is 1. The fourth-order valence-corrected chi connectivity index (χ4v) is 4.65. The Balaban J connectivity index is 1.79. The van der Waals surface area contributed by atoms with Gasteiger partial charge in [-0.15, -0.1) is 0 Å². The molecule has 2 aromatic carbocycles. The summed E-state index contributed by atoms with van der Waals surface area (Å²) in [6.07, 6.45) is 11.3. The molecule has 0 heterocycles. The van der Waals surface area contributed by atoms with Crippen LogP contribution in [0.1, 0.15) is 88.3 Å². The molecule has 0 fully saturated rings. The molecule has 2 atom stereocenters. The summed E-state index contributed by atoms with van der Waals surface area (Å²) < 4.78 is 13.6. The number of fused-ring (bicyclic) bond motifs is 1. The fourth-order valence-electron chi connectivity index (χ4n) is 4.65. The Bertz CT molecular complexity index is 1350. The first kappa shape index (κ1) is 31.6. The average Bonchev–Trinajstić information content (AvgIpc) is 3.34. The van der Waals surface area contributed by atoms with E-state index < -0.39 is 12.2 Å². The van der Waals surface area contributed by atoms with E-state index in [0.29, 0.717) is 29.8 Å². The number of carboxylic acid groups (broad SMARTS) is 1. The van der Waals surface area contributed by atoms with Crippen LogP contribution >= 0.6 is 0 Å². The highest BCUT2D eigenvalue weighted by Gasteiger charge is 2.25. The highest BCUT2D eigenvalue weighted by Crippen LogP contribution is 2.34. The van der Waals surface area contributed by atoms with Crippen LogP contribution in [0.15, 0.2) is 82.4 Å². The van der Waals surface area contributed by atoms with Gasteiger partial charge in [0, 0.05) is 24.4 Å². The second-order valence-electron chi connectivity index (χ2n) is 10.1. The Hall–Kier alpha value is -3.88. The maximum atomic E-state index is 13.6. The molecule has 0 aromatic heterocycles. The lowest BCUT2D eigenvalue weighted by Gasteiger charge is -2.21. The Morgan fingerprint density at radius 1 is 1.22 bits per heavy atom. The van der Waals surface area contributed by atoms with Crippen molar-refractivity contribution in [3.8, 4) is 0 Å². The van der Waals surface area contributed by atoms with Crippen LogP contribution in [0.4, 0.5) is 15.8 Å². The summed E-state index contributed by atoms with van der Waals surface area (Å²) in [5.74, 6) is -1.05. The van der Waals surface area contributed by atoms with Gasteiger partial charge in [0.1, 0.15) is 12.0 Å². The van der Waals surface area contributed by atoms with Crippen molar-refractivity contribution in [1.29, 1.82) is 0 Å². The number of aryl methyl sites for hydroxylation is 1. The predicted octanol–water partition coefficient (Wildman–Crippen LogP) is 7.70. The first-order valence-corrected chi connectivity index (χ1v) is 14.1. The van der Waals surface area contributed by atoms with Gasteiger partial charge in [0.2, 0.25) is 0 Å². The van der Waals surface area contributed by atoms with Crippen molar-refractivity contribution >= 4 is 29.3 Å². The number of hydrogen-bond donors (Lipinski definition) is 4. The smallest absolute Gasteiger partial charge is 0.303 e. The van der Waals surface area contributed by atoms with Gasteiger partial charge in [-0.3, -0.25) is 20.5 Å². The number of nitrogens with one attached hydrogen (secondary N) is 2. The second kappa shape index (κ2) is 15.8. The lowest BCUT2D eigenvalue weighted by atomic mass is 10.1. The van der Waals surface area contributed by atoms with Crippen LogP contribution in [-0.4, -0.2) is 28.1 Å². The number of unbranched alkanes of at least 4 members (excludes halogenated alkanes) is 2. The Morgan fingerprint density at radius 2 is 2.02 bits per heavy atom. The SMILES string of the molecule is C=C(/C=C\C(=C/C)CC)/C(C)=N/c1ccc(C(O)NC2CCc3cc(F)ccc32)cc1NN=CCCCCC(=O)O. The number of hydrogen-bond acceptors (Lipinski definition) is 6. The van der Waals surface area contributed by atoms with Gasteiger partial charge < -0.3 is 10.2 Å². The fraction of sp³-hybridized carbons (Fsp3) is 0.364. The molecule has 0 saturated heterocycles. The number of nitrogens with zero attached hydrogens (tertiary/aromatic N) is 2. The molecule has 7 nitrogen and oxygen atoms in total. The molecule has 1 aliphatic carbocycles. The van der Waals surface area contributed by atoms with Gasteiger partial charge in [-0.25, -0.2) is 4.39 Å². The van der Waals surface area contributed by atoms with E-state index in [4.69, 9.17) is 10.1 Å². The highest BCUT2D eigenvalue weighted by atomic mass is 19.1. The van der Waals surface area contributed by atoms with Crippen molar-refractivity contribution in [2.24, 2.45) is 10.1 Å². The van der Waals surface area contributed by atoms with Crippen LogP contribution in [0.3, 0.4) is 0 Å². The van der Waals surface area contributed by atoms with Crippen LogP contribution in [0.5, 0.6) is 0 Å². The maximum absolute atomic E-state index is 13.6. The molecule has 0 bridgehead atoms. The summed E-state index contributed by atoms with van der Waals surface area (Å²) in [5.41, 5.74) is 9.63. The number of aliphatic imine (C=N–C) groups is 1. The van der Waals surface area contributed by atoms with Gasteiger partial charge in [-0.2, -0.15) is 5.10 Å². The lowest BCUT2D eigenvalue weighted by molar-refractivity contribution is -0.137. The third-order valence-corrected chi connectivity index (χ3v) is 7.16. The van der Waals surface area contributed by atoms with Gasteiger partial charge in [-0.05, 0) is 98.9 Å². The molecule has 2 unspecified atom stereocenters. The predicted molar refractivity (Wildman–Crippen MR) is 165 cm³/mol. The molecule has 0 saturated carbocycles. The zero-order chi connectivity index (χ0) is 29.8.